The summed E-state index contributed by atoms with van der Waals surface area (Å²) in [5.74, 6) is -0.695. The molecule has 0 N–H and O–H groups in total. The molecular formula is C26H19F3O2. The largest absolute Gasteiger partial charge is 0.573 e. The molecule has 4 aromatic carbocycles. The summed E-state index contributed by atoms with van der Waals surface area (Å²) in [5, 5.41) is 4.72. The van der Waals surface area contributed by atoms with Gasteiger partial charge in [-0.1, -0.05) is 48.5 Å². The molecule has 0 heterocycles. The van der Waals surface area contributed by atoms with E-state index in [2.05, 4.69) is 35.1 Å². The number of ketones is 1. The first-order valence-electron chi connectivity index (χ1n) is 10.2. The lowest BCUT2D eigenvalue weighted by atomic mass is 9.77. The number of fused-ring (bicyclic) bond motifs is 5. The van der Waals surface area contributed by atoms with Gasteiger partial charge in [-0.3, -0.25) is 4.79 Å². The minimum atomic E-state index is -4.75. The molecule has 0 aromatic heterocycles. The molecule has 5 rings (SSSR count). The number of alkyl halides is 3. The van der Waals surface area contributed by atoms with E-state index in [1.165, 1.54) is 51.4 Å². The molecule has 1 aliphatic rings. The second kappa shape index (κ2) is 7.41. The van der Waals surface area contributed by atoms with Crippen molar-refractivity contribution < 1.29 is 22.7 Å². The predicted octanol–water partition coefficient (Wildman–Crippen LogP) is 7.19. The summed E-state index contributed by atoms with van der Waals surface area (Å²) >= 11 is 0. The molecule has 2 nitrogen and oxygen atoms in total. The highest BCUT2D eigenvalue weighted by Crippen LogP contribution is 2.39. The van der Waals surface area contributed by atoms with Crippen molar-refractivity contribution in [2.75, 3.05) is 0 Å². The van der Waals surface area contributed by atoms with Crippen LogP contribution in [0.2, 0.25) is 0 Å². The van der Waals surface area contributed by atoms with Gasteiger partial charge in [0.1, 0.15) is 5.75 Å². The smallest absolute Gasteiger partial charge is 0.406 e. The van der Waals surface area contributed by atoms with Crippen LogP contribution >= 0.6 is 0 Å². The van der Waals surface area contributed by atoms with Crippen LogP contribution in [0.1, 0.15) is 40.2 Å². The maximum Gasteiger partial charge on any atom is 0.573 e. The lowest BCUT2D eigenvalue weighted by Crippen LogP contribution is -2.19. The van der Waals surface area contributed by atoms with Crippen LogP contribution in [0.25, 0.3) is 21.5 Å². The normalized spacial score (nSPS) is 16.3. The third-order valence-corrected chi connectivity index (χ3v) is 6.06. The average molecular weight is 420 g/mol. The molecular weight excluding hydrogens is 401 g/mol. The van der Waals surface area contributed by atoms with E-state index in [0.29, 0.717) is 5.56 Å². The average Bonchev–Trinajstić information content (AvgIpc) is 2.77. The molecule has 0 aliphatic heterocycles. The van der Waals surface area contributed by atoms with Crippen molar-refractivity contribution in [2.45, 2.75) is 31.5 Å². The van der Waals surface area contributed by atoms with Crippen molar-refractivity contribution >= 4 is 27.3 Å². The van der Waals surface area contributed by atoms with E-state index < -0.39 is 6.36 Å². The van der Waals surface area contributed by atoms with Gasteiger partial charge in [-0.15, -0.1) is 13.2 Å². The fraction of sp³-hybridized carbons (Fsp3) is 0.192. The molecule has 0 spiro atoms. The van der Waals surface area contributed by atoms with Crippen LogP contribution in [0.4, 0.5) is 13.2 Å². The third kappa shape index (κ3) is 3.65. The molecule has 0 fully saturated rings. The molecule has 0 saturated carbocycles. The van der Waals surface area contributed by atoms with Crippen LogP contribution in [0, 0.1) is 0 Å². The second-order valence-electron chi connectivity index (χ2n) is 7.90. The SMILES string of the molecule is O=C(c1ccc(OC(F)(F)F)cc1)C1CCCc2c1ccc1c2ccc2ccccc21. The Morgan fingerprint density at radius 2 is 1.58 bits per heavy atom. The maximum atomic E-state index is 13.2. The Kier molecular flexibility index (Phi) is 4.69. The summed E-state index contributed by atoms with van der Waals surface area (Å²) in [6.07, 6.45) is -2.22. The van der Waals surface area contributed by atoms with E-state index >= 15 is 0 Å². The molecule has 1 unspecified atom stereocenters. The monoisotopic (exact) mass is 420 g/mol. The van der Waals surface area contributed by atoms with E-state index in [-0.39, 0.29) is 17.5 Å². The fourth-order valence-electron chi connectivity index (χ4n) is 4.71. The van der Waals surface area contributed by atoms with Crippen molar-refractivity contribution in [3.8, 4) is 5.75 Å². The number of hydrogen-bond donors (Lipinski definition) is 0. The van der Waals surface area contributed by atoms with Crippen LogP contribution in [0.5, 0.6) is 5.75 Å². The highest BCUT2D eigenvalue weighted by Gasteiger charge is 2.32. The number of carbonyl (C=O) groups excluding carboxylic acids is 1. The summed E-state index contributed by atoms with van der Waals surface area (Å²) in [5.41, 5.74) is 2.62. The first-order chi connectivity index (χ1) is 14.9. The minimum Gasteiger partial charge on any atom is -0.406 e. The minimum absolute atomic E-state index is 0.0698. The van der Waals surface area contributed by atoms with Gasteiger partial charge in [-0.25, -0.2) is 0 Å². The van der Waals surface area contributed by atoms with Crippen molar-refractivity contribution in [3.05, 3.63) is 89.5 Å². The van der Waals surface area contributed by atoms with Gasteiger partial charge in [0, 0.05) is 11.5 Å². The van der Waals surface area contributed by atoms with E-state index in [9.17, 15) is 18.0 Å². The van der Waals surface area contributed by atoms with Crippen molar-refractivity contribution in [3.63, 3.8) is 0 Å². The molecule has 0 bridgehead atoms. The Balaban J connectivity index is 1.52. The lowest BCUT2D eigenvalue weighted by molar-refractivity contribution is -0.274. The Morgan fingerprint density at radius 3 is 2.35 bits per heavy atom. The Bertz CT molecular complexity index is 1290. The number of hydrogen-bond acceptors (Lipinski definition) is 2. The van der Waals surface area contributed by atoms with Gasteiger partial charge in [0.25, 0.3) is 0 Å². The Labute approximate surface area is 177 Å². The molecule has 1 atom stereocenters. The zero-order valence-electron chi connectivity index (χ0n) is 16.6. The van der Waals surface area contributed by atoms with Crippen LogP contribution in [0.3, 0.4) is 0 Å². The van der Waals surface area contributed by atoms with Gasteiger partial charge >= 0.3 is 6.36 Å². The van der Waals surface area contributed by atoms with E-state index in [4.69, 9.17) is 0 Å². The number of aryl methyl sites for hydroxylation is 1. The molecule has 0 saturated heterocycles. The number of halogens is 3. The van der Waals surface area contributed by atoms with Gasteiger partial charge in [0.05, 0.1) is 0 Å². The Morgan fingerprint density at radius 1 is 0.839 bits per heavy atom. The Hall–Kier alpha value is -3.34. The number of ether oxygens (including phenoxy) is 1. The van der Waals surface area contributed by atoms with Crippen LogP contribution in [-0.2, 0) is 6.42 Å². The summed E-state index contributed by atoms with van der Waals surface area (Å²) in [6.45, 7) is 0. The topological polar surface area (TPSA) is 26.3 Å². The van der Waals surface area contributed by atoms with Crippen LogP contribution in [0.15, 0.2) is 72.8 Å². The zero-order chi connectivity index (χ0) is 21.6. The molecule has 4 aromatic rings. The third-order valence-electron chi connectivity index (χ3n) is 6.06. The maximum absolute atomic E-state index is 13.2. The van der Waals surface area contributed by atoms with Crippen LogP contribution < -0.4 is 4.74 Å². The van der Waals surface area contributed by atoms with Crippen molar-refractivity contribution in [2.24, 2.45) is 0 Å². The number of rotatable bonds is 3. The molecule has 0 amide bonds. The summed E-state index contributed by atoms with van der Waals surface area (Å²) < 4.78 is 41.1. The summed E-state index contributed by atoms with van der Waals surface area (Å²) in [4.78, 5) is 13.2. The molecule has 1 aliphatic carbocycles. The molecule has 31 heavy (non-hydrogen) atoms. The van der Waals surface area contributed by atoms with Crippen LogP contribution in [-0.4, -0.2) is 12.1 Å². The first kappa shape index (κ1) is 19.6. The highest BCUT2D eigenvalue weighted by molar-refractivity contribution is 6.09. The van der Waals surface area contributed by atoms with Gasteiger partial charge in [0.2, 0.25) is 0 Å². The van der Waals surface area contributed by atoms with E-state index in [0.717, 1.165) is 24.8 Å². The fourth-order valence-corrected chi connectivity index (χ4v) is 4.71. The van der Waals surface area contributed by atoms with Crippen molar-refractivity contribution in [1.82, 2.24) is 0 Å². The summed E-state index contributed by atoms with van der Waals surface area (Å²) in [6, 6.07) is 21.8. The zero-order valence-corrected chi connectivity index (χ0v) is 16.6. The lowest BCUT2D eigenvalue weighted by Gasteiger charge is -2.26. The quantitative estimate of drug-likeness (QED) is 0.259. The van der Waals surface area contributed by atoms with E-state index in [1.54, 1.807) is 0 Å². The molecule has 5 heteroatoms. The van der Waals surface area contributed by atoms with Gasteiger partial charge < -0.3 is 4.74 Å². The highest BCUT2D eigenvalue weighted by atomic mass is 19.4. The molecule has 0 radical (unpaired) electrons. The van der Waals surface area contributed by atoms with Gasteiger partial charge in [0.15, 0.2) is 5.78 Å². The second-order valence-corrected chi connectivity index (χ2v) is 7.90. The number of carbonyl (C=O) groups is 1. The predicted molar refractivity (Wildman–Crippen MR) is 115 cm³/mol. The van der Waals surface area contributed by atoms with Crippen molar-refractivity contribution in [1.29, 1.82) is 0 Å². The first-order valence-corrected chi connectivity index (χ1v) is 10.2. The number of benzene rings is 4. The standard InChI is InChI=1S/C26H19F3O2/c27-26(28,29)31-18-11-8-17(9-12-18)25(30)24-7-3-6-20-22-13-10-16-4-1-2-5-19(16)21(22)14-15-23(20)24/h1-2,4-5,8-15,24H,3,6-7H2. The summed E-state index contributed by atoms with van der Waals surface area (Å²) in [7, 11) is 0. The molecule has 156 valence electrons. The van der Waals surface area contributed by atoms with Gasteiger partial charge in [-0.05, 0) is 76.2 Å². The van der Waals surface area contributed by atoms with E-state index in [1.807, 2.05) is 18.2 Å². The number of Topliss-reactive ketones (excluding diaryl/α,β-unsaturated/α-hetero) is 1. The van der Waals surface area contributed by atoms with Gasteiger partial charge in [-0.2, -0.15) is 0 Å².